The van der Waals surface area contributed by atoms with E-state index in [0.29, 0.717) is 0 Å². The second kappa shape index (κ2) is 10.5. The van der Waals surface area contributed by atoms with Crippen molar-refractivity contribution in [3.63, 3.8) is 0 Å². The molecule has 2 aliphatic heterocycles. The highest BCUT2D eigenvalue weighted by Gasteiger charge is 2.76. The van der Waals surface area contributed by atoms with Crippen molar-refractivity contribution in [2.75, 3.05) is 0 Å². The maximum absolute atomic E-state index is 15.9. The number of halogens is 15. The number of fused-ring (bicyclic) bond motifs is 1. The smallest absolute Gasteiger partial charge is 0.207 e. The summed E-state index contributed by atoms with van der Waals surface area (Å²) in [5.74, 6) is -38.6. The molecule has 1 unspecified atom stereocenters. The lowest BCUT2D eigenvalue weighted by Gasteiger charge is -2.57. The van der Waals surface area contributed by atoms with Gasteiger partial charge in [-0.25, -0.2) is 65.9 Å². The summed E-state index contributed by atoms with van der Waals surface area (Å²) in [5, 5.41) is -2.32. The zero-order valence-electron chi connectivity index (χ0n) is 24.7. The van der Waals surface area contributed by atoms with Crippen molar-refractivity contribution in [1.29, 1.82) is 0 Å². The molecule has 0 aromatic heterocycles. The van der Waals surface area contributed by atoms with E-state index in [1.165, 1.54) is 20.8 Å². The molecule has 5 rings (SSSR count). The monoisotopic (exact) mass is 706 g/mol. The maximum Gasteiger partial charge on any atom is 0.308 e. The van der Waals surface area contributed by atoms with Gasteiger partial charge < -0.3 is 0 Å². The van der Waals surface area contributed by atoms with E-state index in [4.69, 9.17) is 0 Å². The fourth-order valence-electron chi connectivity index (χ4n) is 6.83. The van der Waals surface area contributed by atoms with Gasteiger partial charge in [0.25, 0.3) is 0 Å². The van der Waals surface area contributed by atoms with Crippen LogP contribution in [-0.4, -0.2) is 5.42 Å². The highest BCUT2D eigenvalue weighted by Crippen LogP contribution is 2.74. The highest BCUT2D eigenvalue weighted by atomic mass is 32.2. The lowest BCUT2D eigenvalue weighted by molar-refractivity contribution is 0.376. The van der Waals surface area contributed by atoms with Gasteiger partial charge in [-0.2, -0.15) is 0 Å². The third-order valence-corrected chi connectivity index (χ3v) is 13.0. The van der Waals surface area contributed by atoms with Crippen LogP contribution in [0.25, 0.3) is 10.4 Å². The molecule has 0 aliphatic carbocycles. The van der Waals surface area contributed by atoms with Crippen molar-refractivity contribution in [1.82, 2.24) is 0 Å². The average Bonchev–Trinajstić information content (AvgIpc) is 3.12. The fourth-order valence-corrected chi connectivity index (χ4v) is 11.4. The second-order valence-electron chi connectivity index (χ2n) is 12.7. The first-order valence-corrected chi connectivity index (χ1v) is 14.6. The minimum absolute atomic E-state index is 0.506. The van der Waals surface area contributed by atoms with Gasteiger partial charge in [-0.15, -0.1) is 10.7 Å². The predicted molar refractivity (Wildman–Crippen MR) is 144 cm³/mol. The van der Waals surface area contributed by atoms with Crippen molar-refractivity contribution in [3.05, 3.63) is 109 Å². The summed E-state index contributed by atoms with van der Waals surface area (Å²) in [4.78, 5) is -1.49. The summed E-state index contributed by atoms with van der Waals surface area (Å²) in [6.07, 6.45) is 0. The molecule has 3 aromatic rings. The Morgan fingerprint density at radius 1 is 0.468 bits per heavy atom. The average molecular weight is 706 g/mol. The summed E-state index contributed by atoms with van der Waals surface area (Å²) >= 11 is 0. The zero-order valence-corrected chi connectivity index (χ0v) is 25.5. The minimum Gasteiger partial charge on any atom is -0.207 e. The Bertz CT molecular complexity index is 1940. The molecule has 3 aromatic carbocycles. The van der Waals surface area contributed by atoms with Crippen LogP contribution in [0.4, 0.5) is 65.9 Å². The van der Waals surface area contributed by atoms with Gasteiger partial charge in [0.15, 0.2) is 64.0 Å². The summed E-state index contributed by atoms with van der Waals surface area (Å²) in [5.41, 5.74) is -12.9. The normalized spacial score (nSPS) is 20.7. The van der Waals surface area contributed by atoms with Gasteiger partial charge in [0, 0.05) is 11.0 Å². The van der Waals surface area contributed by atoms with Crippen LogP contribution < -0.4 is 5.46 Å². The number of hydrogen-bond acceptors (Lipinski definition) is 0. The molecule has 0 saturated heterocycles. The summed E-state index contributed by atoms with van der Waals surface area (Å²) in [6.45, 7) is 6.46. The molecule has 0 radical (unpaired) electrons. The van der Waals surface area contributed by atoms with E-state index >= 15 is 26.3 Å². The van der Waals surface area contributed by atoms with Crippen LogP contribution in [0.1, 0.15) is 52.7 Å². The fraction of sp³-hybridized carbons (Fsp3) is 0.267. The van der Waals surface area contributed by atoms with Crippen LogP contribution in [0.15, 0.2) is 10.5 Å². The van der Waals surface area contributed by atoms with Gasteiger partial charge >= 0.3 is 5.42 Å². The highest BCUT2D eigenvalue weighted by molar-refractivity contribution is 8.41. The van der Waals surface area contributed by atoms with Crippen LogP contribution in [-0.2, 0) is 10.7 Å². The molecular formula is C30H18BF15S. The SMILES string of the molecule is CC1=C(c2c(F)c(F)c(F)c(F)c2F)[S+]2C(C(C)(C)C)=C(c3c(F)c(F)c(F)c(F)c3F)[B@@-]2(c2c(F)c(F)c(F)c(F)c2F)C1(C)C. The van der Waals surface area contributed by atoms with E-state index in [1.54, 1.807) is 0 Å². The number of rotatable bonds is 3. The van der Waals surface area contributed by atoms with Crippen LogP contribution in [0.5, 0.6) is 0 Å². The van der Waals surface area contributed by atoms with E-state index in [0.717, 1.165) is 20.8 Å². The first-order valence-electron chi connectivity index (χ1n) is 13.3. The van der Waals surface area contributed by atoms with Gasteiger partial charge in [0.1, 0.15) is 22.1 Å². The molecule has 0 fully saturated rings. The van der Waals surface area contributed by atoms with Crippen molar-refractivity contribution >= 4 is 32.0 Å². The van der Waals surface area contributed by atoms with Crippen LogP contribution in [0.2, 0.25) is 5.31 Å². The predicted octanol–water partition coefficient (Wildman–Crippen LogP) is 9.78. The van der Waals surface area contributed by atoms with E-state index in [-0.39, 0.29) is 0 Å². The van der Waals surface area contributed by atoms with Crippen molar-refractivity contribution in [3.8, 4) is 0 Å². The standard InChI is InChI=1S/C30H18BF15S/c1-7-27(9-14(34)20(40)25(45)21(41)15(9)35)47-28(29(2,3)4)10(8-12(32)18(38)24(44)19(39)13(8)33)31(47,30(7,5)6)11-16(36)22(42)26(46)23(43)17(11)37/h1-6H3/t31-,47?/m1/s1. The Kier molecular flexibility index (Phi) is 7.78. The first-order chi connectivity index (χ1) is 21.4. The van der Waals surface area contributed by atoms with Crippen molar-refractivity contribution in [2.24, 2.45) is 5.41 Å². The molecule has 2 atom stereocenters. The molecule has 0 N–H and O–H groups in total. The van der Waals surface area contributed by atoms with Gasteiger partial charge in [-0.3, -0.25) is 0 Å². The number of allylic oxidation sites excluding steroid dienone is 2. The summed E-state index contributed by atoms with van der Waals surface area (Å²) in [7, 11) is -2.62. The molecule has 0 bridgehead atoms. The first kappa shape index (κ1) is 34.8. The lowest BCUT2D eigenvalue weighted by atomic mass is 9.22. The molecule has 2 aliphatic rings. The Hall–Kier alpha value is -3.50. The third-order valence-electron chi connectivity index (χ3n) is 9.02. The Balaban J connectivity index is 2.14. The Morgan fingerprint density at radius 3 is 1.11 bits per heavy atom. The van der Waals surface area contributed by atoms with E-state index in [2.05, 4.69) is 0 Å². The van der Waals surface area contributed by atoms with E-state index in [9.17, 15) is 39.5 Å². The van der Waals surface area contributed by atoms with Crippen LogP contribution >= 0.6 is 0 Å². The van der Waals surface area contributed by atoms with Gasteiger partial charge in [0.05, 0.1) is 4.91 Å². The Morgan fingerprint density at radius 2 is 0.766 bits per heavy atom. The van der Waals surface area contributed by atoms with Gasteiger partial charge in [-0.05, 0) is 12.5 Å². The molecular weight excluding hydrogens is 688 g/mol. The minimum atomic E-state index is -4.23. The number of hydrogen-bond donors (Lipinski definition) is 0. The Labute approximate surface area is 259 Å². The zero-order chi connectivity index (χ0) is 35.8. The van der Waals surface area contributed by atoms with Crippen LogP contribution in [0.3, 0.4) is 0 Å². The molecule has 2 heterocycles. The topological polar surface area (TPSA) is 0 Å². The van der Waals surface area contributed by atoms with Crippen LogP contribution in [0, 0.1) is 92.7 Å². The van der Waals surface area contributed by atoms with Gasteiger partial charge in [-0.1, -0.05) is 50.9 Å². The van der Waals surface area contributed by atoms with Gasteiger partial charge in [0.2, 0.25) is 11.6 Å². The quantitative estimate of drug-likeness (QED) is 0.0837. The molecule has 0 amide bonds. The maximum atomic E-state index is 15.9. The van der Waals surface area contributed by atoms with E-state index < -0.39 is 152 Å². The molecule has 47 heavy (non-hydrogen) atoms. The molecule has 17 heteroatoms. The molecule has 0 nitrogen and oxygen atoms in total. The molecule has 252 valence electrons. The molecule has 0 saturated carbocycles. The van der Waals surface area contributed by atoms with Crippen molar-refractivity contribution < 1.29 is 65.9 Å². The largest absolute Gasteiger partial charge is 0.308 e. The lowest BCUT2D eigenvalue weighted by Crippen LogP contribution is -2.70. The molecule has 0 spiro atoms. The van der Waals surface area contributed by atoms with Crippen molar-refractivity contribution in [2.45, 2.75) is 46.9 Å². The summed E-state index contributed by atoms with van der Waals surface area (Å²) in [6, 6.07) is 0. The number of benzene rings is 3. The van der Waals surface area contributed by atoms with E-state index in [1.807, 2.05) is 0 Å². The third kappa shape index (κ3) is 4.03. The summed E-state index contributed by atoms with van der Waals surface area (Å²) < 4.78 is 225. The second-order valence-corrected chi connectivity index (χ2v) is 14.9.